The van der Waals surface area contributed by atoms with E-state index in [0.29, 0.717) is 18.0 Å². The minimum absolute atomic E-state index is 0.0617. The van der Waals surface area contributed by atoms with E-state index in [4.69, 9.17) is 9.47 Å². The van der Waals surface area contributed by atoms with E-state index in [2.05, 4.69) is 12.2 Å². The van der Waals surface area contributed by atoms with Gasteiger partial charge in [-0.3, -0.25) is 4.79 Å². The summed E-state index contributed by atoms with van der Waals surface area (Å²) in [5.41, 5.74) is 0.976. The molecule has 0 fully saturated rings. The Hall–Kier alpha value is -1.97. The zero-order chi connectivity index (χ0) is 16.9. The molecule has 0 unspecified atom stereocenters. The third kappa shape index (κ3) is 7.73. The Bertz CT molecular complexity index is 497. The lowest BCUT2D eigenvalue weighted by Gasteiger charge is -2.09. The topological polar surface area (TPSA) is 47.6 Å². The molecule has 0 aliphatic rings. The van der Waals surface area contributed by atoms with Gasteiger partial charge in [-0.2, -0.15) is 0 Å². The summed E-state index contributed by atoms with van der Waals surface area (Å²) in [4.78, 5) is 11.8. The van der Waals surface area contributed by atoms with Crippen LogP contribution in [0.5, 0.6) is 11.5 Å². The van der Waals surface area contributed by atoms with Gasteiger partial charge in [0, 0.05) is 6.54 Å². The molecule has 0 saturated carbocycles. The maximum atomic E-state index is 11.8. The summed E-state index contributed by atoms with van der Waals surface area (Å²) >= 11 is 0. The molecule has 4 nitrogen and oxygen atoms in total. The molecule has 4 heteroatoms. The van der Waals surface area contributed by atoms with E-state index < -0.39 is 0 Å². The number of allylic oxidation sites excluding steroid dienone is 1. The van der Waals surface area contributed by atoms with Crippen LogP contribution in [0.4, 0.5) is 0 Å². The fourth-order valence-electron chi connectivity index (χ4n) is 2.29. The van der Waals surface area contributed by atoms with Crippen molar-refractivity contribution in [2.75, 3.05) is 14.2 Å². The molecule has 0 heterocycles. The van der Waals surface area contributed by atoms with Crippen LogP contribution in [0.25, 0.3) is 0 Å². The second kappa shape index (κ2) is 11.6. The van der Waals surface area contributed by atoms with E-state index in [0.717, 1.165) is 18.4 Å². The molecule has 1 N–H and O–H groups in total. The molecular weight excluding hydrogens is 290 g/mol. The fraction of sp³-hybridized carbons (Fsp3) is 0.526. The number of rotatable bonds is 11. The van der Waals surface area contributed by atoms with Gasteiger partial charge >= 0.3 is 0 Å². The summed E-state index contributed by atoms with van der Waals surface area (Å²) in [6.45, 7) is 2.68. The monoisotopic (exact) mass is 319 g/mol. The molecule has 0 atom stereocenters. The molecule has 0 bridgehead atoms. The molecule has 0 aliphatic carbocycles. The van der Waals surface area contributed by atoms with Crippen molar-refractivity contribution in [3.05, 3.63) is 35.9 Å². The van der Waals surface area contributed by atoms with Crippen LogP contribution < -0.4 is 14.8 Å². The van der Waals surface area contributed by atoms with E-state index in [9.17, 15) is 4.79 Å². The molecular formula is C19H29NO3. The lowest BCUT2D eigenvalue weighted by molar-refractivity contribution is -0.116. The van der Waals surface area contributed by atoms with Crippen LogP contribution in [-0.4, -0.2) is 20.1 Å². The van der Waals surface area contributed by atoms with Gasteiger partial charge in [0.25, 0.3) is 0 Å². The highest BCUT2D eigenvalue weighted by molar-refractivity contribution is 5.87. The Morgan fingerprint density at radius 1 is 1.09 bits per heavy atom. The number of amides is 1. The maximum Gasteiger partial charge on any atom is 0.243 e. The molecule has 1 amide bonds. The quantitative estimate of drug-likeness (QED) is 0.490. The first-order valence-corrected chi connectivity index (χ1v) is 8.36. The zero-order valence-corrected chi connectivity index (χ0v) is 14.6. The maximum absolute atomic E-state index is 11.8. The zero-order valence-electron chi connectivity index (χ0n) is 14.6. The molecule has 0 radical (unpaired) electrons. The third-order valence-electron chi connectivity index (χ3n) is 3.66. The number of methoxy groups -OCH3 is 2. The number of nitrogens with one attached hydrogen (secondary N) is 1. The van der Waals surface area contributed by atoms with Gasteiger partial charge in [-0.25, -0.2) is 0 Å². The average Bonchev–Trinajstić information content (AvgIpc) is 2.58. The molecule has 0 spiro atoms. The van der Waals surface area contributed by atoms with Crippen molar-refractivity contribution < 1.29 is 14.3 Å². The van der Waals surface area contributed by atoms with E-state index in [1.54, 1.807) is 20.3 Å². The van der Waals surface area contributed by atoms with Crippen molar-refractivity contribution in [2.45, 2.75) is 52.0 Å². The summed E-state index contributed by atoms with van der Waals surface area (Å²) in [6.07, 6.45) is 10.8. The van der Waals surface area contributed by atoms with Gasteiger partial charge < -0.3 is 14.8 Å². The largest absolute Gasteiger partial charge is 0.493 e. The normalized spacial score (nSPS) is 10.7. The number of ether oxygens (including phenoxy) is 2. The molecule has 1 aromatic carbocycles. The molecule has 23 heavy (non-hydrogen) atoms. The van der Waals surface area contributed by atoms with Gasteiger partial charge in [0.1, 0.15) is 0 Å². The van der Waals surface area contributed by atoms with Crippen LogP contribution in [-0.2, 0) is 11.3 Å². The Balaban J connectivity index is 2.30. The van der Waals surface area contributed by atoms with Crippen LogP contribution in [0.15, 0.2) is 30.4 Å². The molecule has 128 valence electrons. The Morgan fingerprint density at radius 3 is 2.52 bits per heavy atom. The highest BCUT2D eigenvalue weighted by atomic mass is 16.5. The van der Waals surface area contributed by atoms with Crippen LogP contribution in [0, 0.1) is 0 Å². The van der Waals surface area contributed by atoms with Gasteiger partial charge in [-0.05, 0) is 36.6 Å². The summed E-state index contributed by atoms with van der Waals surface area (Å²) in [7, 11) is 3.20. The smallest absolute Gasteiger partial charge is 0.243 e. The van der Waals surface area contributed by atoms with Gasteiger partial charge in [-0.15, -0.1) is 0 Å². The third-order valence-corrected chi connectivity index (χ3v) is 3.66. The standard InChI is InChI=1S/C19H29NO3/c1-4-5-6-7-8-9-10-11-19(21)20-15-16-12-13-17(22-2)18(14-16)23-3/h10-14H,4-9,15H2,1-3H3,(H,20,21)/b11-10+. The molecule has 0 saturated heterocycles. The predicted molar refractivity (Wildman–Crippen MR) is 93.9 cm³/mol. The first-order valence-electron chi connectivity index (χ1n) is 8.36. The second-order valence-corrected chi connectivity index (χ2v) is 5.51. The summed E-state index contributed by atoms with van der Waals surface area (Å²) < 4.78 is 10.4. The van der Waals surface area contributed by atoms with E-state index >= 15 is 0 Å². The van der Waals surface area contributed by atoms with Crippen LogP contribution in [0.3, 0.4) is 0 Å². The lowest BCUT2D eigenvalue weighted by atomic mass is 10.1. The van der Waals surface area contributed by atoms with Crippen molar-refractivity contribution in [3.8, 4) is 11.5 Å². The Kier molecular flexibility index (Phi) is 9.60. The first kappa shape index (κ1) is 19.1. The highest BCUT2D eigenvalue weighted by Crippen LogP contribution is 2.27. The fourth-order valence-corrected chi connectivity index (χ4v) is 2.29. The lowest BCUT2D eigenvalue weighted by Crippen LogP contribution is -2.20. The molecule has 0 aromatic heterocycles. The second-order valence-electron chi connectivity index (χ2n) is 5.51. The minimum atomic E-state index is -0.0617. The summed E-state index contributed by atoms with van der Waals surface area (Å²) in [5.74, 6) is 1.29. The van der Waals surface area contributed by atoms with E-state index in [1.165, 1.54) is 25.7 Å². The number of benzene rings is 1. The van der Waals surface area contributed by atoms with Crippen molar-refractivity contribution in [1.82, 2.24) is 5.32 Å². The van der Waals surface area contributed by atoms with Crippen molar-refractivity contribution in [1.29, 1.82) is 0 Å². The SMILES string of the molecule is CCCCCCC/C=C/C(=O)NCc1ccc(OC)c(OC)c1. The number of carbonyl (C=O) groups excluding carboxylic acids is 1. The van der Waals surface area contributed by atoms with Crippen LogP contribution in [0.2, 0.25) is 0 Å². The molecule has 0 aliphatic heterocycles. The molecule has 1 rings (SSSR count). The van der Waals surface area contributed by atoms with E-state index in [1.807, 2.05) is 24.3 Å². The minimum Gasteiger partial charge on any atom is -0.493 e. The van der Waals surface area contributed by atoms with Gasteiger partial charge in [0.15, 0.2) is 11.5 Å². The Labute approximate surface area is 139 Å². The van der Waals surface area contributed by atoms with Gasteiger partial charge in [-0.1, -0.05) is 44.7 Å². The first-order chi connectivity index (χ1) is 11.2. The van der Waals surface area contributed by atoms with Crippen molar-refractivity contribution in [2.24, 2.45) is 0 Å². The Morgan fingerprint density at radius 2 is 1.83 bits per heavy atom. The number of carbonyl (C=O) groups is 1. The average molecular weight is 319 g/mol. The van der Waals surface area contributed by atoms with E-state index in [-0.39, 0.29) is 5.91 Å². The van der Waals surface area contributed by atoms with Crippen LogP contribution in [0.1, 0.15) is 51.0 Å². The van der Waals surface area contributed by atoms with Crippen LogP contribution >= 0.6 is 0 Å². The highest BCUT2D eigenvalue weighted by Gasteiger charge is 2.05. The van der Waals surface area contributed by atoms with Crippen molar-refractivity contribution >= 4 is 5.91 Å². The predicted octanol–water partition coefficient (Wildman–Crippen LogP) is 4.24. The molecule has 1 aromatic rings. The number of unbranched alkanes of at least 4 members (excludes halogenated alkanes) is 5. The van der Waals surface area contributed by atoms with Crippen molar-refractivity contribution in [3.63, 3.8) is 0 Å². The number of hydrogen-bond donors (Lipinski definition) is 1. The van der Waals surface area contributed by atoms with Gasteiger partial charge in [0.05, 0.1) is 14.2 Å². The number of hydrogen-bond acceptors (Lipinski definition) is 3. The van der Waals surface area contributed by atoms with Gasteiger partial charge in [0.2, 0.25) is 5.91 Å². The summed E-state index contributed by atoms with van der Waals surface area (Å²) in [5, 5.41) is 2.88. The summed E-state index contributed by atoms with van der Waals surface area (Å²) in [6, 6.07) is 5.63.